The van der Waals surface area contributed by atoms with Crippen LogP contribution in [-0.2, 0) is 9.53 Å². The average Bonchev–Trinajstić information content (AvgIpc) is 3.05. The molecule has 0 heterocycles. The number of hydrogen-bond acceptors (Lipinski definition) is 2. The minimum atomic E-state index is -0.0989. The highest BCUT2D eigenvalue weighted by atomic mass is 16.5. The quantitative estimate of drug-likeness (QED) is 0.723. The SMILES string of the molecule is CCOC(=O)C1C(CC)=C1c1ccccc1. The fraction of sp³-hybridized carbons (Fsp3) is 0.357. The molecule has 2 nitrogen and oxygen atoms in total. The van der Waals surface area contributed by atoms with Crippen molar-refractivity contribution in [2.24, 2.45) is 5.92 Å². The van der Waals surface area contributed by atoms with Crippen molar-refractivity contribution in [2.75, 3.05) is 6.61 Å². The number of hydrogen-bond donors (Lipinski definition) is 0. The number of rotatable bonds is 4. The van der Waals surface area contributed by atoms with E-state index in [4.69, 9.17) is 4.74 Å². The highest BCUT2D eigenvalue weighted by Crippen LogP contribution is 2.49. The maximum atomic E-state index is 11.7. The predicted molar refractivity (Wildman–Crippen MR) is 63.8 cm³/mol. The molecule has 84 valence electrons. The molecule has 1 aromatic rings. The third-order valence-corrected chi connectivity index (χ3v) is 2.89. The zero-order valence-electron chi connectivity index (χ0n) is 9.69. The van der Waals surface area contributed by atoms with Gasteiger partial charge in [0, 0.05) is 0 Å². The maximum Gasteiger partial charge on any atom is 0.317 e. The molecule has 1 atom stereocenters. The first-order chi connectivity index (χ1) is 7.79. The molecule has 1 aliphatic carbocycles. The number of esters is 1. The lowest BCUT2D eigenvalue weighted by atomic mass is 10.1. The molecule has 0 bridgehead atoms. The Morgan fingerprint density at radius 1 is 1.25 bits per heavy atom. The lowest BCUT2D eigenvalue weighted by Gasteiger charge is -2.01. The number of carbonyl (C=O) groups is 1. The minimum Gasteiger partial charge on any atom is -0.465 e. The largest absolute Gasteiger partial charge is 0.465 e. The molecule has 0 spiro atoms. The molecule has 0 aromatic heterocycles. The molecule has 2 heteroatoms. The second-order valence-electron chi connectivity index (χ2n) is 3.84. The standard InChI is InChI=1S/C14H16O2/c1-3-11-12(10-8-6-5-7-9-10)13(11)14(15)16-4-2/h5-9,13H,3-4H2,1-2H3. The highest BCUT2D eigenvalue weighted by molar-refractivity contribution is 6.03. The molecule has 0 aliphatic heterocycles. The molecule has 0 saturated carbocycles. The van der Waals surface area contributed by atoms with Gasteiger partial charge in [0.2, 0.25) is 0 Å². The molecule has 0 saturated heterocycles. The van der Waals surface area contributed by atoms with E-state index in [1.54, 1.807) is 0 Å². The summed E-state index contributed by atoms with van der Waals surface area (Å²) < 4.78 is 5.07. The molecular formula is C14H16O2. The molecule has 2 rings (SSSR count). The van der Waals surface area contributed by atoms with E-state index in [-0.39, 0.29) is 11.9 Å². The van der Waals surface area contributed by atoms with Crippen LogP contribution in [0.2, 0.25) is 0 Å². The van der Waals surface area contributed by atoms with Crippen molar-refractivity contribution in [1.29, 1.82) is 0 Å². The molecule has 1 unspecified atom stereocenters. The minimum absolute atomic E-state index is 0.0765. The zero-order valence-corrected chi connectivity index (χ0v) is 9.69. The van der Waals surface area contributed by atoms with Crippen LogP contribution < -0.4 is 0 Å². The van der Waals surface area contributed by atoms with Crippen LogP contribution in [0.1, 0.15) is 25.8 Å². The van der Waals surface area contributed by atoms with Gasteiger partial charge in [0.1, 0.15) is 5.92 Å². The Morgan fingerprint density at radius 2 is 1.94 bits per heavy atom. The van der Waals surface area contributed by atoms with Crippen molar-refractivity contribution in [3.05, 3.63) is 41.5 Å². The van der Waals surface area contributed by atoms with E-state index in [9.17, 15) is 4.79 Å². The van der Waals surface area contributed by atoms with Crippen LogP contribution in [0.5, 0.6) is 0 Å². The van der Waals surface area contributed by atoms with Crippen molar-refractivity contribution < 1.29 is 9.53 Å². The van der Waals surface area contributed by atoms with E-state index in [0.717, 1.165) is 12.0 Å². The van der Waals surface area contributed by atoms with Crippen LogP contribution in [0, 0.1) is 5.92 Å². The van der Waals surface area contributed by atoms with Crippen LogP contribution in [0.15, 0.2) is 35.9 Å². The second-order valence-corrected chi connectivity index (χ2v) is 3.84. The van der Waals surface area contributed by atoms with Gasteiger partial charge in [0.05, 0.1) is 6.61 Å². The normalized spacial score (nSPS) is 18.5. The van der Waals surface area contributed by atoms with Crippen molar-refractivity contribution in [3.63, 3.8) is 0 Å². The molecule has 1 aliphatic rings. The van der Waals surface area contributed by atoms with Gasteiger partial charge < -0.3 is 4.74 Å². The Morgan fingerprint density at radius 3 is 2.50 bits per heavy atom. The van der Waals surface area contributed by atoms with Gasteiger partial charge in [0.15, 0.2) is 0 Å². The highest BCUT2D eigenvalue weighted by Gasteiger charge is 2.42. The Kier molecular flexibility index (Phi) is 3.09. The van der Waals surface area contributed by atoms with Crippen molar-refractivity contribution >= 4 is 11.5 Å². The summed E-state index contributed by atoms with van der Waals surface area (Å²) in [5.41, 5.74) is 3.55. The van der Waals surface area contributed by atoms with E-state index in [1.807, 2.05) is 37.3 Å². The van der Waals surface area contributed by atoms with Crippen molar-refractivity contribution in [3.8, 4) is 0 Å². The van der Waals surface area contributed by atoms with Gasteiger partial charge >= 0.3 is 5.97 Å². The summed E-state index contributed by atoms with van der Waals surface area (Å²) in [7, 11) is 0. The zero-order chi connectivity index (χ0) is 11.5. The first-order valence-electron chi connectivity index (χ1n) is 5.74. The monoisotopic (exact) mass is 216 g/mol. The average molecular weight is 216 g/mol. The van der Waals surface area contributed by atoms with Gasteiger partial charge in [-0.1, -0.05) is 37.3 Å². The summed E-state index contributed by atoms with van der Waals surface area (Å²) in [6, 6.07) is 10.1. The lowest BCUT2D eigenvalue weighted by Crippen LogP contribution is -2.09. The van der Waals surface area contributed by atoms with Crippen LogP contribution >= 0.6 is 0 Å². The summed E-state index contributed by atoms with van der Waals surface area (Å²) >= 11 is 0. The van der Waals surface area contributed by atoms with Crippen LogP contribution in [0.3, 0.4) is 0 Å². The summed E-state index contributed by atoms with van der Waals surface area (Å²) in [6.45, 7) is 4.37. The molecule has 1 aromatic carbocycles. The summed E-state index contributed by atoms with van der Waals surface area (Å²) in [4.78, 5) is 11.7. The Labute approximate surface area is 95.9 Å². The van der Waals surface area contributed by atoms with Gasteiger partial charge in [-0.15, -0.1) is 0 Å². The first-order valence-corrected chi connectivity index (χ1v) is 5.74. The summed E-state index contributed by atoms with van der Waals surface area (Å²) in [5.74, 6) is -0.175. The van der Waals surface area contributed by atoms with Gasteiger partial charge in [-0.3, -0.25) is 4.79 Å². The van der Waals surface area contributed by atoms with Gasteiger partial charge in [0.25, 0.3) is 0 Å². The summed E-state index contributed by atoms with van der Waals surface area (Å²) in [6.07, 6.45) is 0.924. The number of ether oxygens (including phenoxy) is 1. The predicted octanol–water partition coefficient (Wildman–Crippen LogP) is 3.04. The van der Waals surface area contributed by atoms with Crippen molar-refractivity contribution in [2.45, 2.75) is 20.3 Å². The Hall–Kier alpha value is -1.57. The van der Waals surface area contributed by atoms with E-state index in [2.05, 4.69) is 6.92 Å². The third kappa shape index (κ3) is 1.87. The fourth-order valence-corrected chi connectivity index (χ4v) is 2.12. The Balaban J connectivity index is 2.16. The topological polar surface area (TPSA) is 26.3 Å². The molecule has 16 heavy (non-hydrogen) atoms. The van der Waals surface area contributed by atoms with Crippen LogP contribution in [-0.4, -0.2) is 12.6 Å². The molecule has 0 amide bonds. The van der Waals surface area contributed by atoms with Gasteiger partial charge in [-0.05, 0) is 30.1 Å². The van der Waals surface area contributed by atoms with E-state index in [0.29, 0.717) is 6.61 Å². The van der Waals surface area contributed by atoms with E-state index >= 15 is 0 Å². The summed E-state index contributed by atoms with van der Waals surface area (Å²) in [5, 5.41) is 0. The van der Waals surface area contributed by atoms with Gasteiger partial charge in [-0.25, -0.2) is 0 Å². The number of carbonyl (C=O) groups excluding carboxylic acids is 1. The molecular weight excluding hydrogens is 200 g/mol. The number of benzene rings is 1. The molecule has 0 fully saturated rings. The fourth-order valence-electron chi connectivity index (χ4n) is 2.12. The lowest BCUT2D eigenvalue weighted by molar-refractivity contribution is -0.143. The molecule has 0 radical (unpaired) electrons. The van der Waals surface area contributed by atoms with E-state index in [1.165, 1.54) is 11.1 Å². The molecule has 0 N–H and O–H groups in total. The van der Waals surface area contributed by atoms with Crippen LogP contribution in [0.4, 0.5) is 0 Å². The van der Waals surface area contributed by atoms with Crippen molar-refractivity contribution in [1.82, 2.24) is 0 Å². The Bertz CT molecular complexity index is 418. The van der Waals surface area contributed by atoms with Gasteiger partial charge in [-0.2, -0.15) is 0 Å². The smallest absolute Gasteiger partial charge is 0.317 e. The maximum absolute atomic E-state index is 11.7. The third-order valence-electron chi connectivity index (χ3n) is 2.89. The van der Waals surface area contributed by atoms with E-state index < -0.39 is 0 Å². The van der Waals surface area contributed by atoms with Crippen LogP contribution in [0.25, 0.3) is 5.57 Å². The second kappa shape index (κ2) is 4.52. The first kappa shape index (κ1) is 10.9.